The molecule has 25 heavy (non-hydrogen) atoms. The number of hydrogen-bond acceptors (Lipinski definition) is 5. The fourth-order valence-electron chi connectivity index (χ4n) is 4.13. The van der Waals surface area contributed by atoms with Gasteiger partial charge in [-0.2, -0.15) is 5.10 Å². The van der Waals surface area contributed by atoms with Gasteiger partial charge in [0.25, 0.3) is 0 Å². The van der Waals surface area contributed by atoms with Crippen molar-refractivity contribution in [3.8, 4) is 0 Å². The van der Waals surface area contributed by atoms with Crippen molar-refractivity contribution < 1.29 is 0 Å². The van der Waals surface area contributed by atoms with Gasteiger partial charge in [-0.3, -0.25) is 9.58 Å². The lowest BCUT2D eigenvalue weighted by Gasteiger charge is -2.40. The summed E-state index contributed by atoms with van der Waals surface area (Å²) in [6.45, 7) is 2.16. The molecule has 0 aromatic carbocycles. The fourth-order valence-corrected chi connectivity index (χ4v) is 4.13. The minimum absolute atomic E-state index is 0.426. The Labute approximate surface area is 149 Å². The predicted molar refractivity (Wildman–Crippen MR) is 98.6 cm³/mol. The Bertz CT molecular complexity index is 722. The van der Waals surface area contributed by atoms with Crippen LogP contribution in [0.2, 0.25) is 0 Å². The maximum Gasteiger partial charge on any atom is 0.133 e. The molecule has 0 N–H and O–H groups in total. The highest BCUT2D eigenvalue weighted by atomic mass is 15.3. The van der Waals surface area contributed by atoms with Crippen LogP contribution in [0, 0.1) is 5.92 Å². The first-order chi connectivity index (χ1) is 12.1. The van der Waals surface area contributed by atoms with Gasteiger partial charge < -0.3 is 4.90 Å². The summed E-state index contributed by atoms with van der Waals surface area (Å²) in [6, 6.07) is 2.46. The standard InChI is InChI=1S/C19H28N6/c1-23-10-4-5-15(18(23)16-11-21-25(3)13-16)12-24(2)17-8-9-20-19(22-17)14-6-7-14/h8-9,11,13-15,18H,4-7,10,12H2,1-3H3/t15-,18+/m0/s1. The summed E-state index contributed by atoms with van der Waals surface area (Å²) in [5, 5.41) is 4.39. The van der Waals surface area contributed by atoms with Crippen LogP contribution in [0.4, 0.5) is 5.82 Å². The first kappa shape index (κ1) is 16.5. The van der Waals surface area contributed by atoms with Crippen molar-refractivity contribution in [2.24, 2.45) is 13.0 Å². The maximum absolute atomic E-state index is 4.81. The first-order valence-corrected chi connectivity index (χ1v) is 9.34. The number of hydrogen-bond donors (Lipinski definition) is 0. The van der Waals surface area contributed by atoms with Crippen LogP contribution in [-0.4, -0.2) is 51.8 Å². The molecule has 2 fully saturated rings. The van der Waals surface area contributed by atoms with Crippen LogP contribution in [-0.2, 0) is 7.05 Å². The van der Waals surface area contributed by atoms with Crippen molar-refractivity contribution in [1.82, 2.24) is 24.6 Å². The lowest BCUT2D eigenvalue weighted by molar-refractivity contribution is 0.124. The average Bonchev–Trinajstić information content (AvgIpc) is 3.37. The van der Waals surface area contributed by atoms with Crippen molar-refractivity contribution >= 4 is 5.82 Å². The van der Waals surface area contributed by atoms with Gasteiger partial charge in [-0.25, -0.2) is 9.97 Å². The van der Waals surface area contributed by atoms with Gasteiger partial charge in [-0.15, -0.1) is 0 Å². The Morgan fingerprint density at radius 3 is 2.80 bits per heavy atom. The molecule has 1 aliphatic heterocycles. The molecule has 1 aliphatic carbocycles. The number of aryl methyl sites for hydroxylation is 1. The van der Waals surface area contributed by atoms with Gasteiger partial charge in [0.1, 0.15) is 11.6 Å². The van der Waals surface area contributed by atoms with Crippen LogP contribution in [0.15, 0.2) is 24.7 Å². The Morgan fingerprint density at radius 1 is 1.24 bits per heavy atom. The first-order valence-electron chi connectivity index (χ1n) is 9.34. The number of rotatable bonds is 5. The van der Waals surface area contributed by atoms with Gasteiger partial charge in [-0.05, 0) is 51.3 Å². The maximum atomic E-state index is 4.81. The molecule has 2 aliphatic rings. The van der Waals surface area contributed by atoms with Gasteiger partial charge in [0, 0.05) is 50.6 Å². The summed E-state index contributed by atoms with van der Waals surface area (Å²) in [4.78, 5) is 14.0. The van der Waals surface area contributed by atoms with Crippen LogP contribution >= 0.6 is 0 Å². The third kappa shape index (κ3) is 3.54. The summed E-state index contributed by atoms with van der Waals surface area (Å²) in [6.07, 6.45) is 11.1. The van der Waals surface area contributed by atoms with Crippen molar-refractivity contribution in [2.45, 2.75) is 37.6 Å². The molecule has 1 saturated heterocycles. The largest absolute Gasteiger partial charge is 0.359 e. The second-order valence-corrected chi connectivity index (χ2v) is 7.70. The highest BCUT2D eigenvalue weighted by molar-refractivity contribution is 5.37. The molecule has 0 unspecified atom stereocenters. The van der Waals surface area contributed by atoms with E-state index in [1.54, 1.807) is 0 Å². The van der Waals surface area contributed by atoms with E-state index in [4.69, 9.17) is 4.98 Å². The second kappa shape index (κ2) is 6.75. The van der Waals surface area contributed by atoms with E-state index in [9.17, 15) is 0 Å². The summed E-state index contributed by atoms with van der Waals surface area (Å²) < 4.78 is 1.91. The quantitative estimate of drug-likeness (QED) is 0.837. The van der Waals surface area contributed by atoms with E-state index in [2.05, 4.69) is 40.2 Å². The van der Waals surface area contributed by atoms with Crippen LogP contribution in [0.1, 0.15) is 49.0 Å². The minimum atomic E-state index is 0.426. The number of aromatic nitrogens is 4. The Hall–Kier alpha value is -1.95. The van der Waals surface area contributed by atoms with Crippen molar-refractivity contribution in [3.05, 3.63) is 36.0 Å². The summed E-state index contributed by atoms with van der Waals surface area (Å²) >= 11 is 0. The third-order valence-corrected chi connectivity index (χ3v) is 5.57. The zero-order valence-corrected chi connectivity index (χ0v) is 15.5. The van der Waals surface area contributed by atoms with E-state index in [1.807, 2.05) is 30.2 Å². The smallest absolute Gasteiger partial charge is 0.133 e. The number of nitrogens with zero attached hydrogens (tertiary/aromatic N) is 6. The predicted octanol–water partition coefficient (Wildman–Crippen LogP) is 2.61. The molecular weight excluding hydrogens is 312 g/mol. The number of anilines is 1. The molecule has 0 bridgehead atoms. The van der Waals surface area contributed by atoms with Crippen molar-refractivity contribution in [2.75, 3.05) is 32.1 Å². The second-order valence-electron chi connectivity index (χ2n) is 7.70. The van der Waals surface area contributed by atoms with Gasteiger partial charge in [0.15, 0.2) is 0 Å². The van der Waals surface area contributed by atoms with Crippen LogP contribution in [0.3, 0.4) is 0 Å². The molecule has 2 atom stereocenters. The van der Waals surface area contributed by atoms with Crippen LogP contribution in [0.25, 0.3) is 0 Å². The van der Waals surface area contributed by atoms with E-state index in [0.29, 0.717) is 17.9 Å². The normalized spacial score (nSPS) is 24.4. The third-order valence-electron chi connectivity index (χ3n) is 5.57. The van der Waals surface area contributed by atoms with Gasteiger partial charge >= 0.3 is 0 Å². The molecule has 6 nitrogen and oxygen atoms in total. The zero-order chi connectivity index (χ0) is 17.4. The van der Waals surface area contributed by atoms with E-state index in [1.165, 1.54) is 31.2 Å². The van der Waals surface area contributed by atoms with Gasteiger partial charge in [-0.1, -0.05) is 0 Å². The molecule has 4 rings (SSSR count). The molecule has 0 spiro atoms. The molecule has 0 amide bonds. The number of piperidine rings is 1. The molecule has 1 saturated carbocycles. The monoisotopic (exact) mass is 340 g/mol. The highest BCUT2D eigenvalue weighted by Gasteiger charge is 2.32. The molecule has 2 aromatic heterocycles. The molecule has 3 heterocycles. The minimum Gasteiger partial charge on any atom is -0.359 e. The molecule has 0 radical (unpaired) electrons. The average molecular weight is 340 g/mol. The Morgan fingerprint density at radius 2 is 2.08 bits per heavy atom. The zero-order valence-electron chi connectivity index (χ0n) is 15.5. The highest BCUT2D eigenvalue weighted by Crippen LogP contribution is 2.39. The lowest BCUT2D eigenvalue weighted by Crippen LogP contribution is -2.41. The van der Waals surface area contributed by atoms with E-state index in [-0.39, 0.29) is 0 Å². The Kier molecular flexibility index (Phi) is 4.46. The molecule has 6 heteroatoms. The number of likely N-dealkylation sites (tertiary alicyclic amines) is 1. The molecule has 134 valence electrons. The Balaban J connectivity index is 1.51. The molecule has 2 aromatic rings. The van der Waals surface area contributed by atoms with Gasteiger partial charge in [0.05, 0.1) is 6.20 Å². The van der Waals surface area contributed by atoms with E-state index < -0.39 is 0 Å². The van der Waals surface area contributed by atoms with E-state index >= 15 is 0 Å². The van der Waals surface area contributed by atoms with Crippen molar-refractivity contribution in [1.29, 1.82) is 0 Å². The topological polar surface area (TPSA) is 50.1 Å². The van der Waals surface area contributed by atoms with E-state index in [0.717, 1.165) is 24.7 Å². The van der Waals surface area contributed by atoms with Gasteiger partial charge in [0.2, 0.25) is 0 Å². The van der Waals surface area contributed by atoms with Crippen LogP contribution < -0.4 is 4.90 Å². The fraction of sp³-hybridized carbons (Fsp3) is 0.632. The van der Waals surface area contributed by atoms with Crippen molar-refractivity contribution in [3.63, 3.8) is 0 Å². The molecular formula is C19H28N6. The summed E-state index contributed by atoms with van der Waals surface area (Å²) in [5.41, 5.74) is 1.32. The summed E-state index contributed by atoms with van der Waals surface area (Å²) in [7, 11) is 6.39. The van der Waals surface area contributed by atoms with Crippen LogP contribution in [0.5, 0.6) is 0 Å². The SMILES string of the molecule is CN(C[C@@H]1CCCN(C)[C@H]1c1cnn(C)c1)c1ccnc(C2CC2)n1. The summed E-state index contributed by atoms with van der Waals surface area (Å²) in [5.74, 6) is 3.24. The lowest BCUT2D eigenvalue weighted by atomic mass is 9.86.